The van der Waals surface area contributed by atoms with Crippen LogP contribution in [0.4, 0.5) is 5.69 Å². The van der Waals surface area contributed by atoms with E-state index in [1.54, 1.807) is 18.2 Å². The lowest BCUT2D eigenvalue weighted by Crippen LogP contribution is -1.89. The summed E-state index contributed by atoms with van der Waals surface area (Å²) in [5.74, 6) is 1.97. The van der Waals surface area contributed by atoms with Gasteiger partial charge >= 0.3 is 0 Å². The van der Waals surface area contributed by atoms with E-state index in [4.69, 9.17) is 5.73 Å². The van der Waals surface area contributed by atoms with Gasteiger partial charge in [0.1, 0.15) is 11.6 Å². The summed E-state index contributed by atoms with van der Waals surface area (Å²) in [5.41, 5.74) is 6.54. The van der Waals surface area contributed by atoms with Gasteiger partial charge in [0.05, 0.1) is 11.3 Å². The van der Waals surface area contributed by atoms with Gasteiger partial charge < -0.3 is 10.8 Å². The highest BCUT2D eigenvalue weighted by molar-refractivity contribution is 5.72. The molecule has 0 radical (unpaired) electrons. The van der Waals surface area contributed by atoms with Crippen molar-refractivity contribution in [2.75, 3.05) is 5.73 Å². The summed E-state index contributed by atoms with van der Waals surface area (Å²) < 4.78 is 0. The molecule has 0 aliphatic heterocycles. The van der Waals surface area contributed by atoms with Gasteiger partial charge in [-0.05, 0) is 25.0 Å². The molecule has 1 aromatic carbocycles. The highest BCUT2D eigenvalue weighted by atomic mass is 16.3. The Morgan fingerprint density at radius 1 is 1.38 bits per heavy atom. The number of rotatable bonds is 2. The van der Waals surface area contributed by atoms with Crippen molar-refractivity contribution < 1.29 is 5.11 Å². The maximum atomic E-state index is 9.80. The number of nitrogens with one attached hydrogen (secondary N) is 1. The molecule has 5 heteroatoms. The zero-order valence-electron chi connectivity index (χ0n) is 8.64. The molecule has 1 aromatic heterocycles. The third-order valence-electron chi connectivity index (χ3n) is 2.77. The molecule has 2 aromatic rings. The first-order valence-corrected chi connectivity index (χ1v) is 5.26. The lowest BCUT2D eigenvalue weighted by Gasteiger charge is -2.02. The first-order valence-electron chi connectivity index (χ1n) is 5.26. The molecule has 0 atom stereocenters. The van der Waals surface area contributed by atoms with Crippen LogP contribution in [0.2, 0.25) is 0 Å². The number of benzene rings is 1. The molecule has 0 saturated heterocycles. The molecule has 4 N–H and O–H groups in total. The fourth-order valence-corrected chi connectivity index (χ4v) is 1.68. The van der Waals surface area contributed by atoms with E-state index in [0.717, 1.165) is 18.7 Å². The van der Waals surface area contributed by atoms with E-state index >= 15 is 0 Å². The molecule has 1 aliphatic carbocycles. The quantitative estimate of drug-likeness (QED) is 0.526. The van der Waals surface area contributed by atoms with E-state index in [-0.39, 0.29) is 5.75 Å². The number of phenols is 1. The van der Waals surface area contributed by atoms with Crippen LogP contribution in [0.15, 0.2) is 18.2 Å². The number of para-hydroxylation sites is 1. The molecule has 0 unspecified atom stereocenters. The second-order valence-electron chi connectivity index (χ2n) is 4.06. The third-order valence-corrected chi connectivity index (χ3v) is 2.77. The molecular formula is C11H12N4O. The highest BCUT2D eigenvalue weighted by Crippen LogP contribution is 2.39. The number of hydrogen-bond acceptors (Lipinski definition) is 4. The molecule has 16 heavy (non-hydrogen) atoms. The van der Waals surface area contributed by atoms with E-state index < -0.39 is 0 Å². The average molecular weight is 216 g/mol. The van der Waals surface area contributed by atoms with Crippen LogP contribution in [0.5, 0.6) is 5.75 Å². The van der Waals surface area contributed by atoms with Gasteiger partial charge in [0.25, 0.3) is 0 Å². The summed E-state index contributed by atoms with van der Waals surface area (Å²) in [6, 6.07) is 5.18. The molecule has 1 fully saturated rings. The maximum absolute atomic E-state index is 9.80. The predicted molar refractivity (Wildman–Crippen MR) is 59.9 cm³/mol. The largest absolute Gasteiger partial charge is 0.505 e. The molecule has 0 amide bonds. The number of hydrogen-bond donors (Lipinski definition) is 3. The summed E-state index contributed by atoms with van der Waals surface area (Å²) in [6.45, 7) is 0. The SMILES string of the molecule is Nc1cccc(-c2n[nH]c(C3CC3)n2)c1O. The predicted octanol–water partition coefficient (Wildman–Crippen LogP) is 1.64. The van der Waals surface area contributed by atoms with Crippen molar-refractivity contribution >= 4 is 5.69 Å². The molecule has 0 spiro atoms. The number of aromatic nitrogens is 3. The smallest absolute Gasteiger partial charge is 0.184 e. The average Bonchev–Trinajstić information content (AvgIpc) is 3.02. The van der Waals surface area contributed by atoms with E-state index in [9.17, 15) is 5.11 Å². The molecule has 1 saturated carbocycles. The van der Waals surface area contributed by atoms with Gasteiger partial charge in [-0.2, -0.15) is 5.10 Å². The number of nitrogens with zero attached hydrogens (tertiary/aromatic N) is 2. The minimum absolute atomic E-state index is 0.0452. The van der Waals surface area contributed by atoms with Crippen molar-refractivity contribution in [3.8, 4) is 17.1 Å². The number of aromatic amines is 1. The summed E-state index contributed by atoms with van der Waals surface area (Å²) in [6.07, 6.45) is 2.33. The van der Waals surface area contributed by atoms with Crippen molar-refractivity contribution in [2.24, 2.45) is 0 Å². The van der Waals surface area contributed by atoms with Crippen molar-refractivity contribution in [3.05, 3.63) is 24.0 Å². The Kier molecular flexibility index (Phi) is 1.86. The lowest BCUT2D eigenvalue weighted by atomic mass is 10.1. The Balaban J connectivity index is 2.03. The van der Waals surface area contributed by atoms with Gasteiger partial charge in [-0.15, -0.1) is 0 Å². The Morgan fingerprint density at radius 2 is 2.19 bits per heavy atom. The molecule has 0 bridgehead atoms. The molecular weight excluding hydrogens is 204 g/mol. The Bertz CT molecular complexity index is 531. The monoisotopic (exact) mass is 216 g/mol. The first-order chi connectivity index (χ1) is 7.75. The second-order valence-corrected chi connectivity index (χ2v) is 4.06. The van der Waals surface area contributed by atoms with Crippen LogP contribution >= 0.6 is 0 Å². The summed E-state index contributed by atoms with van der Waals surface area (Å²) in [7, 11) is 0. The molecule has 3 rings (SSSR count). The standard InChI is InChI=1S/C11H12N4O/c12-8-3-1-2-7(9(8)16)11-13-10(14-15-11)6-4-5-6/h1-3,6,16H,4-5,12H2,(H,13,14,15). The lowest BCUT2D eigenvalue weighted by molar-refractivity contribution is 0.479. The van der Waals surface area contributed by atoms with Gasteiger partial charge in [0.15, 0.2) is 5.82 Å². The number of nitrogens with two attached hydrogens (primary N) is 1. The number of phenolic OH excluding ortho intramolecular Hbond substituents is 1. The van der Waals surface area contributed by atoms with Crippen LogP contribution in [-0.2, 0) is 0 Å². The van der Waals surface area contributed by atoms with Crippen LogP contribution < -0.4 is 5.73 Å². The van der Waals surface area contributed by atoms with Crippen LogP contribution in [0.1, 0.15) is 24.6 Å². The zero-order chi connectivity index (χ0) is 11.1. The van der Waals surface area contributed by atoms with E-state index in [1.165, 1.54) is 0 Å². The van der Waals surface area contributed by atoms with Crippen LogP contribution in [0, 0.1) is 0 Å². The second kappa shape index (κ2) is 3.23. The van der Waals surface area contributed by atoms with E-state index in [1.807, 2.05) is 0 Å². The minimum atomic E-state index is 0.0452. The van der Waals surface area contributed by atoms with Crippen molar-refractivity contribution in [1.82, 2.24) is 15.2 Å². The van der Waals surface area contributed by atoms with Crippen molar-refractivity contribution in [2.45, 2.75) is 18.8 Å². The van der Waals surface area contributed by atoms with Crippen LogP contribution in [0.3, 0.4) is 0 Å². The first kappa shape index (κ1) is 9.21. The summed E-state index contributed by atoms with van der Waals surface area (Å²) >= 11 is 0. The van der Waals surface area contributed by atoms with E-state index in [0.29, 0.717) is 23.0 Å². The maximum Gasteiger partial charge on any atom is 0.184 e. The van der Waals surface area contributed by atoms with Crippen molar-refractivity contribution in [3.63, 3.8) is 0 Å². The summed E-state index contributed by atoms with van der Waals surface area (Å²) in [4.78, 5) is 4.36. The van der Waals surface area contributed by atoms with Crippen LogP contribution in [-0.4, -0.2) is 20.3 Å². The highest BCUT2D eigenvalue weighted by Gasteiger charge is 2.27. The molecule has 5 nitrogen and oxygen atoms in total. The fourth-order valence-electron chi connectivity index (χ4n) is 1.68. The normalized spacial score (nSPS) is 15.2. The number of H-pyrrole nitrogens is 1. The van der Waals surface area contributed by atoms with Gasteiger partial charge in [0.2, 0.25) is 0 Å². The van der Waals surface area contributed by atoms with Crippen LogP contribution in [0.25, 0.3) is 11.4 Å². The Labute approximate surface area is 92.3 Å². The fraction of sp³-hybridized carbons (Fsp3) is 0.273. The zero-order valence-corrected chi connectivity index (χ0v) is 8.64. The van der Waals surface area contributed by atoms with E-state index in [2.05, 4.69) is 15.2 Å². The summed E-state index contributed by atoms with van der Waals surface area (Å²) in [5, 5.41) is 16.8. The van der Waals surface area contributed by atoms with Gasteiger partial charge in [-0.25, -0.2) is 4.98 Å². The number of nitrogen functional groups attached to an aromatic ring is 1. The van der Waals surface area contributed by atoms with Gasteiger partial charge in [0, 0.05) is 5.92 Å². The topological polar surface area (TPSA) is 87.8 Å². The Morgan fingerprint density at radius 3 is 2.94 bits per heavy atom. The number of anilines is 1. The molecule has 1 heterocycles. The van der Waals surface area contributed by atoms with Gasteiger partial charge in [-0.1, -0.05) is 6.07 Å². The van der Waals surface area contributed by atoms with Crippen molar-refractivity contribution in [1.29, 1.82) is 0 Å². The molecule has 1 aliphatic rings. The Hall–Kier alpha value is -2.04. The number of aromatic hydroxyl groups is 1. The molecule has 82 valence electrons. The van der Waals surface area contributed by atoms with Gasteiger partial charge in [-0.3, -0.25) is 5.10 Å². The minimum Gasteiger partial charge on any atom is -0.505 e. The third kappa shape index (κ3) is 1.41.